The predicted octanol–water partition coefficient (Wildman–Crippen LogP) is 3.81. The van der Waals surface area contributed by atoms with E-state index in [1.165, 1.54) is 6.07 Å². The van der Waals surface area contributed by atoms with Gasteiger partial charge in [-0.15, -0.1) is 0 Å². The van der Waals surface area contributed by atoms with Crippen molar-refractivity contribution in [3.05, 3.63) is 59.4 Å². The fraction of sp³-hybridized carbons (Fsp3) is 0.190. The number of nitrogens with one attached hydrogen (secondary N) is 1. The summed E-state index contributed by atoms with van der Waals surface area (Å²) in [5, 5.41) is 12.2. The van der Waals surface area contributed by atoms with Gasteiger partial charge in [-0.05, 0) is 50.2 Å². The highest BCUT2D eigenvalue weighted by Crippen LogP contribution is 2.29. The van der Waals surface area contributed by atoms with Crippen molar-refractivity contribution < 1.29 is 23.5 Å². The molecule has 1 N–H and O–H groups in total. The fourth-order valence-corrected chi connectivity index (χ4v) is 2.71. The first-order chi connectivity index (χ1) is 13.5. The van der Waals surface area contributed by atoms with E-state index in [1.807, 2.05) is 13.0 Å². The molecule has 142 valence electrons. The first kappa shape index (κ1) is 19.0. The Bertz CT molecular complexity index is 1080. The third kappa shape index (κ3) is 4.13. The monoisotopic (exact) mass is 378 g/mol. The number of anilines is 1. The minimum atomic E-state index is -0.729. The second-order valence-corrected chi connectivity index (χ2v) is 5.96. The van der Waals surface area contributed by atoms with Crippen LogP contribution >= 0.6 is 0 Å². The summed E-state index contributed by atoms with van der Waals surface area (Å²) in [5.74, 6) is -0.524. The molecular formula is C21H18N2O5. The van der Waals surface area contributed by atoms with Crippen molar-refractivity contribution in [1.29, 1.82) is 5.26 Å². The van der Waals surface area contributed by atoms with Crippen molar-refractivity contribution in [3.8, 4) is 11.8 Å². The number of nitrogens with zero attached hydrogens (tertiary/aromatic N) is 1. The number of ether oxygens (including phenoxy) is 2. The maximum Gasteiger partial charge on any atom is 0.375 e. The van der Waals surface area contributed by atoms with Crippen LogP contribution in [0.4, 0.5) is 5.69 Å². The van der Waals surface area contributed by atoms with Gasteiger partial charge >= 0.3 is 5.97 Å². The molecule has 1 heterocycles. The summed E-state index contributed by atoms with van der Waals surface area (Å²) in [6.45, 7) is 3.68. The quantitative estimate of drug-likeness (QED) is 0.655. The summed E-state index contributed by atoms with van der Waals surface area (Å²) < 4.78 is 16.1. The third-order valence-corrected chi connectivity index (χ3v) is 4.01. The second-order valence-electron chi connectivity index (χ2n) is 5.96. The largest absolute Gasteiger partial charge is 0.494 e. The van der Waals surface area contributed by atoms with E-state index in [9.17, 15) is 9.59 Å². The predicted molar refractivity (Wildman–Crippen MR) is 102 cm³/mol. The molecule has 0 aliphatic carbocycles. The van der Waals surface area contributed by atoms with Crippen LogP contribution in [0.25, 0.3) is 11.0 Å². The molecule has 0 unspecified atom stereocenters. The van der Waals surface area contributed by atoms with Gasteiger partial charge in [0.2, 0.25) is 5.76 Å². The Morgan fingerprint density at radius 1 is 1.21 bits per heavy atom. The standard InChI is InChI=1S/C21H18N2O5/c1-3-26-16-7-8-18-17(10-16)13(2)20(28-18)21(25)27-12-19(24)23-15-6-4-5-14(9-15)11-22/h4-10H,3,12H2,1-2H3,(H,23,24). The molecule has 0 radical (unpaired) electrons. The number of rotatable bonds is 6. The molecule has 0 atom stereocenters. The van der Waals surface area contributed by atoms with Crippen LogP contribution in [-0.4, -0.2) is 25.1 Å². The Hall–Kier alpha value is -3.79. The highest BCUT2D eigenvalue weighted by Gasteiger charge is 2.20. The van der Waals surface area contributed by atoms with Crippen LogP contribution in [-0.2, 0) is 9.53 Å². The van der Waals surface area contributed by atoms with E-state index in [0.29, 0.717) is 34.8 Å². The minimum Gasteiger partial charge on any atom is -0.494 e. The van der Waals surface area contributed by atoms with Crippen LogP contribution in [0, 0.1) is 18.3 Å². The molecule has 0 saturated heterocycles. The topological polar surface area (TPSA) is 102 Å². The molecule has 7 nitrogen and oxygen atoms in total. The number of furan rings is 1. The molecule has 3 rings (SSSR count). The van der Waals surface area contributed by atoms with E-state index >= 15 is 0 Å². The molecule has 0 aliphatic heterocycles. The number of amides is 1. The third-order valence-electron chi connectivity index (χ3n) is 4.01. The van der Waals surface area contributed by atoms with Crippen molar-refractivity contribution in [2.45, 2.75) is 13.8 Å². The van der Waals surface area contributed by atoms with Gasteiger partial charge < -0.3 is 19.2 Å². The maximum atomic E-state index is 12.3. The number of fused-ring (bicyclic) bond motifs is 1. The van der Waals surface area contributed by atoms with Gasteiger partial charge in [0.25, 0.3) is 5.91 Å². The van der Waals surface area contributed by atoms with E-state index in [2.05, 4.69) is 5.32 Å². The van der Waals surface area contributed by atoms with Crippen molar-refractivity contribution in [2.75, 3.05) is 18.5 Å². The molecule has 1 aromatic heterocycles. The molecule has 0 spiro atoms. The molecule has 1 amide bonds. The van der Waals surface area contributed by atoms with E-state index < -0.39 is 18.5 Å². The highest BCUT2D eigenvalue weighted by molar-refractivity contribution is 5.98. The minimum absolute atomic E-state index is 0.0444. The Labute approximate surface area is 161 Å². The zero-order chi connectivity index (χ0) is 20.1. The van der Waals surface area contributed by atoms with E-state index in [-0.39, 0.29) is 5.76 Å². The molecular weight excluding hydrogens is 360 g/mol. The molecule has 0 bridgehead atoms. The van der Waals surface area contributed by atoms with Crippen LogP contribution in [0.1, 0.15) is 28.6 Å². The summed E-state index contributed by atoms with van der Waals surface area (Å²) in [5.41, 5.74) is 2.01. The number of carbonyl (C=O) groups excluding carboxylic acids is 2. The zero-order valence-corrected chi connectivity index (χ0v) is 15.4. The molecule has 28 heavy (non-hydrogen) atoms. The summed E-state index contributed by atoms with van der Waals surface area (Å²) in [4.78, 5) is 24.3. The second kappa shape index (κ2) is 8.27. The average Bonchev–Trinajstić information content (AvgIpc) is 3.03. The van der Waals surface area contributed by atoms with E-state index in [1.54, 1.807) is 43.3 Å². The summed E-state index contributed by atoms with van der Waals surface area (Å²) in [6, 6.07) is 13.7. The van der Waals surface area contributed by atoms with Gasteiger partial charge in [-0.1, -0.05) is 6.07 Å². The number of nitriles is 1. The average molecular weight is 378 g/mol. The van der Waals surface area contributed by atoms with Crippen molar-refractivity contribution in [3.63, 3.8) is 0 Å². The van der Waals surface area contributed by atoms with Gasteiger partial charge in [0, 0.05) is 16.6 Å². The van der Waals surface area contributed by atoms with Crippen LogP contribution in [0.3, 0.4) is 0 Å². The van der Waals surface area contributed by atoms with Crippen molar-refractivity contribution in [2.24, 2.45) is 0 Å². The summed E-state index contributed by atoms with van der Waals surface area (Å²) >= 11 is 0. The molecule has 0 aliphatic rings. The maximum absolute atomic E-state index is 12.3. The molecule has 0 saturated carbocycles. The van der Waals surface area contributed by atoms with Gasteiger partial charge in [-0.3, -0.25) is 4.79 Å². The molecule has 2 aromatic carbocycles. The van der Waals surface area contributed by atoms with Crippen LogP contribution in [0.15, 0.2) is 46.9 Å². The first-order valence-electron chi connectivity index (χ1n) is 8.65. The van der Waals surface area contributed by atoms with Crippen molar-refractivity contribution >= 4 is 28.5 Å². The van der Waals surface area contributed by atoms with E-state index in [0.717, 1.165) is 5.39 Å². The number of benzene rings is 2. The lowest BCUT2D eigenvalue weighted by Gasteiger charge is -2.06. The van der Waals surface area contributed by atoms with Crippen LogP contribution in [0.2, 0.25) is 0 Å². The number of esters is 1. The zero-order valence-electron chi connectivity index (χ0n) is 15.4. The smallest absolute Gasteiger partial charge is 0.375 e. The van der Waals surface area contributed by atoms with Gasteiger partial charge in [0.1, 0.15) is 11.3 Å². The van der Waals surface area contributed by atoms with Gasteiger partial charge in [-0.2, -0.15) is 5.26 Å². The van der Waals surface area contributed by atoms with Crippen LogP contribution in [0.5, 0.6) is 5.75 Å². The van der Waals surface area contributed by atoms with E-state index in [4.69, 9.17) is 19.2 Å². The Morgan fingerprint density at radius 3 is 2.79 bits per heavy atom. The lowest BCUT2D eigenvalue weighted by molar-refractivity contribution is -0.119. The lowest BCUT2D eigenvalue weighted by Crippen LogP contribution is -2.21. The number of carbonyl (C=O) groups is 2. The first-order valence-corrected chi connectivity index (χ1v) is 8.65. The van der Waals surface area contributed by atoms with Gasteiger partial charge in [-0.25, -0.2) is 4.79 Å². The SMILES string of the molecule is CCOc1ccc2oc(C(=O)OCC(=O)Nc3cccc(C#N)c3)c(C)c2c1. The van der Waals surface area contributed by atoms with Gasteiger partial charge in [0.15, 0.2) is 6.61 Å². The number of hydrogen-bond acceptors (Lipinski definition) is 6. The summed E-state index contributed by atoms with van der Waals surface area (Å²) in [7, 11) is 0. The lowest BCUT2D eigenvalue weighted by atomic mass is 10.1. The Morgan fingerprint density at radius 2 is 2.04 bits per heavy atom. The molecule has 7 heteroatoms. The normalized spacial score (nSPS) is 10.3. The van der Waals surface area contributed by atoms with Crippen molar-refractivity contribution in [1.82, 2.24) is 0 Å². The molecule has 0 fully saturated rings. The number of hydrogen-bond donors (Lipinski definition) is 1. The Balaban J connectivity index is 1.66. The molecule has 3 aromatic rings. The highest BCUT2D eigenvalue weighted by atomic mass is 16.5. The fourth-order valence-electron chi connectivity index (χ4n) is 2.71. The van der Waals surface area contributed by atoms with Gasteiger partial charge in [0.05, 0.1) is 18.2 Å². The van der Waals surface area contributed by atoms with Crippen LogP contribution < -0.4 is 10.1 Å². The number of aryl methyl sites for hydroxylation is 1. The Kier molecular flexibility index (Phi) is 5.61. The summed E-state index contributed by atoms with van der Waals surface area (Å²) in [6.07, 6.45) is 0.